The number of nitrogens with one attached hydrogen (secondary N) is 1. The molecular formula is C29H36N2O5S. The second-order valence-electron chi connectivity index (χ2n) is 9.39. The van der Waals surface area contributed by atoms with Crippen molar-refractivity contribution >= 4 is 21.6 Å². The Morgan fingerprint density at radius 2 is 1.51 bits per heavy atom. The van der Waals surface area contributed by atoms with Gasteiger partial charge in [-0.2, -0.15) is 0 Å². The number of ether oxygens (including phenoxy) is 2. The van der Waals surface area contributed by atoms with Gasteiger partial charge in [0, 0.05) is 0 Å². The van der Waals surface area contributed by atoms with Crippen molar-refractivity contribution in [2.24, 2.45) is 0 Å². The van der Waals surface area contributed by atoms with Gasteiger partial charge in [0.1, 0.15) is 18.0 Å². The molecule has 1 atom stereocenters. The summed E-state index contributed by atoms with van der Waals surface area (Å²) in [5.74, 6) is 0.959. The number of carbonyl (C=O) groups is 1. The molecule has 0 bridgehead atoms. The molecule has 198 valence electrons. The molecular weight excluding hydrogens is 488 g/mol. The molecule has 0 spiro atoms. The van der Waals surface area contributed by atoms with E-state index >= 15 is 0 Å². The van der Waals surface area contributed by atoms with Crippen LogP contribution in [0.15, 0.2) is 65.6 Å². The Balaban J connectivity index is 1.95. The minimum Gasteiger partial charge on any atom is -0.496 e. The number of amides is 1. The Hall–Kier alpha value is -3.52. The molecule has 0 aliphatic carbocycles. The van der Waals surface area contributed by atoms with Gasteiger partial charge in [0.15, 0.2) is 0 Å². The number of benzene rings is 3. The van der Waals surface area contributed by atoms with Crippen LogP contribution in [0.4, 0.5) is 5.69 Å². The van der Waals surface area contributed by atoms with Gasteiger partial charge in [-0.25, -0.2) is 8.42 Å². The van der Waals surface area contributed by atoms with Crippen molar-refractivity contribution in [1.29, 1.82) is 0 Å². The normalized spacial score (nSPS) is 12.2. The van der Waals surface area contributed by atoms with Crippen molar-refractivity contribution in [1.82, 2.24) is 5.32 Å². The van der Waals surface area contributed by atoms with Crippen molar-refractivity contribution in [2.45, 2.75) is 51.5 Å². The lowest BCUT2D eigenvalue weighted by atomic mass is 9.93. The van der Waals surface area contributed by atoms with Crippen molar-refractivity contribution < 1.29 is 22.7 Å². The van der Waals surface area contributed by atoms with Crippen LogP contribution in [-0.4, -0.2) is 35.1 Å². The number of methoxy groups -OCH3 is 2. The summed E-state index contributed by atoms with van der Waals surface area (Å²) in [5.41, 5.74) is 4.19. The molecule has 3 aromatic carbocycles. The fourth-order valence-corrected chi connectivity index (χ4v) is 5.71. The molecule has 0 aliphatic heterocycles. The minimum atomic E-state index is -4.06. The highest BCUT2D eigenvalue weighted by Crippen LogP contribution is 2.34. The van der Waals surface area contributed by atoms with Crippen molar-refractivity contribution in [3.05, 3.63) is 82.9 Å². The summed E-state index contributed by atoms with van der Waals surface area (Å²) in [5, 5.41) is 2.98. The largest absolute Gasteiger partial charge is 0.496 e. The van der Waals surface area contributed by atoms with Gasteiger partial charge < -0.3 is 14.8 Å². The number of aryl methyl sites for hydroxylation is 2. The van der Waals surface area contributed by atoms with Crippen molar-refractivity contribution in [3.8, 4) is 11.5 Å². The first kappa shape index (κ1) is 28.1. The SMILES string of the molecule is COc1cc(C)c([C@@H](C)NC(=O)CN(c2ccccc2OC)S(=O)(=O)c2ccc(C)cc2)cc1C(C)C. The average molecular weight is 525 g/mol. The van der Waals surface area contributed by atoms with Gasteiger partial charge in [0.05, 0.1) is 30.8 Å². The number of anilines is 1. The molecule has 0 saturated carbocycles. The van der Waals surface area contributed by atoms with Crippen molar-refractivity contribution in [2.75, 3.05) is 25.1 Å². The van der Waals surface area contributed by atoms with E-state index in [0.717, 1.165) is 32.3 Å². The molecule has 0 heterocycles. The fourth-order valence-electron chi connectivity index (χ4n) is 4.28. The van der Waals surface area contributed by atoms with Crippen LogP contribution in [0.2, 0.25) is 0 Å². The standard InChI is InChI=1S/C29H36N2O5S/c1-19(2)24-17-25(21(4)16-28(24)36-7)22(5)30-29(32)18-31(26-10-8-9-11-27(26)35-6)37(33,34)23-14-12-20(3)13-15-23/h8-17,19,22H,18H2,1-7H3,(H,30,32)/t22-/m1/s1. The molecule has 1 N–H and O–H groups in total. The number of rotatable bonds is 10. The molecule has 0 radical (unpaired) electrons. The minimum absolute atomic E-state index is 0.0948. The van der Waals surface area contributed by atoms with E-state index < -0.39 is 22.5 Å². The summed E-state index contributed by atoms with van der Waals surface area (Å²) < 4.78 is 39.5. The Kier molecular flexibility index (Phi) is 8.86. The highest BCUT2D eigenvalue weighted by Gasteiger charge is 2.30. The summed E-state index contributed by atoms with van der Waals surface area (Å²) in [6.07, 6.45) is 0. The van der Waals surface area contributed by atoms with E-state index in [1.165, 1.54) is 7.11 Å². The summed E-state index contributed by atoms with van der Waals surface area (Å²) in [6, 6.07) is 17.0. The highest BCUT2D eigenvalue weighted by molar-refractivity contribution is 7.92. The number of carbonyl (C=O) groups excluding carboxylic acids is 1. The van der Waals surface area contributed by atoms with Gasteiger partial charge in [0.25, 0.3) is 10.0 Å². The molecule has 8 heteroatoms. The lowest BCUT2D eigenvalue weighted by Gasteiger charge is -2.27. The lowest BCUT2D eigenvalue weighted by molar-refractivity contribution is -0.120. The van der Waals surface area contributed by atoms with Crippen LogP contribution < -0.4 is 19.1 Å². The molecule has 0 saturated heterocycles. The Bertz CT molecular complexity index is 1350. The second-order valence-corrected chi connectivity index (χ2v) is 11.3. The topological polar surface area (TPSA) is 84.9 Å². The third kappa shape index (κ3) is 6.25. The summed E-state index contributed by atoms with van der Waals surface area (Å²) >= 11 is 0. The number of hydrogen-bond donors (Lipinski definition) is 1. The molecule has 0 fully saturated rings. The monoisotopic (exact) mass is 524 g/mol. The van der Waals surface area contributed by atoms with Gasteiger partial charge in [-0.05, 0) is 79.8 Å². The predicted octanol–water partition coefficient (Wildman–Crippen LogP) is 5.52. The van der Waals surface area contributed by atoms with Gasteiger partial charge in [-0.1, -0.05) is 43.7 Å². The third-order valence-electron chi connectivity index (χ3n) is 6.33. The molecule has 0 unspecified atom stereocenters. The molecule has 0 aliphatic rings. The molecule has 3 aromatic rings. The van der Waals surface area contributed by atoms with Crippen LogP contribution in [0.1, 0.15) is 55.0 Å². The van der Waals surface area contributed by atoms with Crippen LogP contribution in [0.25, 0.3) is 0 Å². The highest BCUT2D eigenvalue weighted by atomic mass is 32.2. The van der Waals surface area contributed by atoms with E-state index in [2.05, 4.69) is 19.2 Å². The third-order valence-corrected chi connectivity index (χ3v) is 8.11. The Morgan fingerprint density at radius 3 is 2.11 bits per heavy atom. The zero-order valence-electron chi connectivity index (χ0n) is 22.5. The Morgan fingerprint density at radius 1 is 0.892 bits per heavy atom. The predicted molar refractivity (Wildman–Crippen MR) is 147 cm³/mol. The number of para-hydroxylation sites is 2. The van der Waals surface area contributed by atoms with Gasteiger partial charge in [-0.3, -0.25) is 9.10 Å². The molecule has 3 rings (SSSR count). The maximum Gasteiger partial charge on any atom is 0.264 e. The van der Waals surface area contributed by atoms with E-state index in [9.17, 15) is 13.2 Å². The average Bonchev–Trinajstić information content (AvgIpc) is 2.86. The quantitative estimate of drug-likeness (QED) is 0.378. The smallest absolute Gasteiger partial charge is 0.264 e. The van der Waals surface area contributed by atoms with Gasteiger partial charge in [-0.15, -0.1) is 0 Å². The van der Waals surface area contributed by atoms with E-state index in [4.69, 9.17) is 9.47 Å². The first-order chi connectivity index (χ1) is 17.5. The van der Waals surface area contributed by atoms with E-state index in [1.54, 1.807) is 55.6 Å². The number of sulfonamides is 1. The number of hydrogen-bond acceptors (Lipinski definition) is 5. The van der Waals surface area contributed by atoms with Gasteiger partial charge >= 0.3 is 0 Å². The van der Waals surface area contributed by atoms with Crippen LogP contribution in [0.3, 0.4) is 0 Å². The van der Waals surface area contributed by atoms with Crippen LogP contribution in [-0.2, 0) is 14.8 Å². The molecule has 0 aromatic heterocycles. The fraction of sp³-hybridized carbons (Fsp3) is 0.345. The molecule has 1 amide bonds. The number of nitrogens with zero attached hydrogens (tertiary/aromatic N) is 1. The zero-order chi connectivity index (χ0) is 27.3. The van der Waals surface area contributed by atoms with E-state index in [0.29, 0.717) is 5.75 Å². The van der Waals surface area contributed by atoms with Crippen molar-refractivity contribution in [3.63, 3.8) is 0 Å². The first-order valence-electron chi connectivity index (χ1n) is 12.2. The maximum absolute atomic E-state index is 13.7. The van der Waals surface area contributed by atoms with Crippen LogP contribution in [0.5, 0.6) is 11.5 Å². The molecule has 37 heavy (non-hydrogen) atoms. The molecule has 7 nitrogen and oxygen atoms in total. The van der Waals surface area contributed by atoms with Crippen LogP contribution >= 0.6 is 0 Å². The maximum atomic E-state index is 13.7. The Labute approximate surface area is 220 Å². The summed E-state index contributed by atoms with van der Waals surface area (Å²) in [4.78, 5) is 13.4. The first-order valence-corrected chi connectivity index (χ1v) is 13.6. The van der Waals surface area contributed by atoms with Crippen LogP contribution in [0, 0.1) is 13.8 Å². The second kappa shape index (κ2) is 11.7. The van der Waals surface area contributed by atoms with E-state index in [-0.39, 0.29) is 22.5 Å². The van der Waals surface area contributed by atoms with E-state index in [1.807, 2.05) is 32.9 Å². The van der Waals surface area contributed by atoms with Gasteiger partial charge in [0.2, 0.25) is 5.91 Å². The summed E-state index contributed by atoms with van der Waals surface area (Å²) in [6.45, 7) is 9.50. The summed E-state index contributed by atoms with van der Waals surface area (Å²) in [7, 11) is -0.944. The zero-order valence-corrected chi connectivity index (χ0v) is 23.3. The lowest BCUT2D eigenvalue weighted by Crippen LogP contribution is -2.41.